The lowest BCUT2D eigenvalue weighted by Crippen LogP contribution is -2.32. The first-order valence-electron chi connectivity index (χ1n) is 4.64. The lowest BCUT2D eigenvalue weighted by atomic mass is 9.89. The molecule has 14 heavy (non-hydrogen) atoms. The van der Waals surface area contributed by atoms with Crippen molar-refractivity contribution in [1.82, 2.24) is 0 Å². The third-order valence-corrected chi connectivity index (χ3v) is 2.68. The molecule has 0 radical (unpaired) electrons. The molecule has 5 nitrogen and oxygen atoms in total. The molecule has 0 bridgehead atoms. The summed E-state index contributed by atoms with van der Waals surface area (Å²) >= 11 is 0. The summed E-state index contributed by atoms with van der Waals surface area (Å²) in [6.07, 6.45) is 1.09. The molecule has 2 rings (SSSR count). The first-order valence-corrected chi connectivity index (χ1v) is 4.64. The molecular weight excluding hydrogens is 188 g/mol. The number of carbonyl (C=O) groups excluding carboxylic acids is 2. The predicted molar refractivity (Wildman–Crippen MR) is 44.1 cm³/mol. The van der Waals surface area contributed by atoms with Gasteiger partial charge < -0.3 is 14.2 Å². The Labute approximate surface area is 81.3 Å². The Hall–Kier alpha value is -1.10. The molecule has 0 aromatic rings. The highest BCUT2D eigenvalue weighted by Crippen LogP contribution is 2.36. The summed E-state index contributed by atoms with van der Waals surface area (Å²) in [5.41, 5.74) is 0. The van der Waals surface area contributed by atoms with Gasteiger partial charge in [-0.2, -0.15) is 0 Å². The van der Waals surface area contributed by atoms with Crippen LogP contribution in [0.25, 0.3) is 0 Å². The van der Waals surface area contributed by atoms with Crippen molar-refractivity contribution >= 4 is 11.9 Å². The fourth-order valence-corrected chi connectivity index (χ4v) is 1.98. The van der Waals surface area contributed by atoms with Crippen molar-refractivity contribution in [2.45, 2.75) is 19.1 Å². The summed E-state index contributed by atoms with van der Waals surface area (Å²) < 4.78 is 14.7. The van der Waals surface area contributed by atoms with Crippen molar-refractivity contribution in [2.24, 2.45) is 11.8 Å². The molecule has 3 atom stereocenters. The lowest BCUT2D eigenvalue weighted by Gasteiger charge is -2.24. The van der Waals surface area contributed by atoms with E-state index in [1.165, 1.54) is 7.11 Å². The number of methoxy groups -OCH3 is 1. The quantitative estimate of drug-likeness (QED) is 0.443. The number of ether oxygens (including phenoxy) is 3. The predicted octanol–water partition coefficient (Wildman–Crippen LogP) is 0.0851. The molecule has 0 amide bonds. The molecule has 5 heteroatoms. The molecule has 0 saturated carbocycles. The topological polar surface area (TPSA) is 61.8 Å². The number of hydrogen-bond donors (Lipinski definition) is 0. The smallest absolute Gasteiger partial charge is 0.323 e. The molecule has 0 aliphatic carbocycles. The van der Waals surface area contributed by atoms with Gasteiger partial charge in [0.1, 0.15) is 0 Å². The number of esters is 2. The second-order valence-corrected chi connectivity index (χ2v) is 3.48. The van der Waals surface area contributed by atoms with Gasteiger partial charge in [-0.15, -0.1) is 0 Å². The van der Waals surface area contributed by atoms with E-state index in [1.807, 2.05) is 0 Å². The largest absolute Gasteiger partial charge is 0.468 e. The molecule has 0 N–H and O–H groups in total. The van der Waals surface area contributed by atoms with Gasteiger partial charge in [-0.3, -0.25) is 9.59 Å². The molecule has 2 aliphatic heterocycles. The molecule has 2 aliphatic rings. The first kappa shape index (κ1) is 9.45. The molecule has 78 valence electrons. The van der Waals surface area contributed by atoms with Gasteiger partial charge in [-0.1, -0.05) is 0 Å². The normalized spacial score (nSPS) is 36.1. The van der Waals surface area contributed by atoms with E-state index < -0.39 is 24.1 Å². The van der Waals surface area contributed by atoms with E-state index in [9.17, 15) is 9.59 Å². The maximum atomic E-state index is 11.3. The van der Waals surface area contributed by atoms with Crippen LogP contribution < -0.4 is 0 Å². The Bertz CT molecular complexity index is 262. The van der Waals surface area contributed by atoms with Crippen molar-refractivity contribution in [3.63, 3.8) is 0 Å². The minimum Gasteiger partial charge on any atom is -0.468 e. The van der Waals surface area contributed by atoms with Crippen molar-refractivity contribution in [3.05, 3.63) is 0 Å². The van der Waals surface area contributed by atoms with Gasteiger partial charge in [0.15, 0.2) is 5.92 Å². The van der Waals surface area contributed by atoms with E-state index in [-0.39, 0.29) is 5.92 Å². The number of carbonyl (C=O) groups is 2. The molecule has 2 saturated heterocycles. The molecule has 2 heterocycles. The van der Waals surface area contributed by atoms with Crippen LogP contribution in [0.15, 0.2) is 0 Å². The van der Waals surface area contributed by atoms with E-state index in [2.05, 4.69) is 4.74 Å². The van der Waals surface area contributed by atoms with Crippen LogP contribution in [0.2, 0.25) is 0 Å². The fraction of sp³-hybridized carbons (Fsp3) is 0.778. The van der Waals surface area contributed by atoms with Crippen LogP contribution in [-0.2, 0) is 23.8 Å². The fourth-order valence-electron chi connectivity index (χ4n) is 1.98. The first-order chi connectivity index (χ1) is 6.74. The summed E-state index contributed by atoms with van der Waals surface area (Å²) in [4.78, 5) is 22.6. The van der Waals surface area contributed by atoms with Gasteiger partial charge in [0.05, 0.1) is 13.7 Å². The van der Waals surface area contributed by atoms with Gasteiger partial charge >= 0.3 is 11.9 Å². The van der Waals surface area contributed by atoms with Crippen LogP contribution in [0, 0.1) is 11.8 Å². The molecule has 2 fully saturated rings. The van der Waals surface area contributed by atoms with Crippen molar-refractivity contribution in [1.29, 1.82) is 0 Å². The van der Waals surface area contributed by atoms with Crippen LogP contribution in [-0.4, -0.2) is 31.9 Å². The van der Waals surface area contributed by atoms with Crippen LogP contribution >= 0.6 is 0 Å². The highest BCUT2D eigenvalue weighted by atomic mass is 16.7. The number of hydrogen-bond acceptors (Lipinski definition) is 5. The van der Waals surface area contributed by atoms with Gasteiger partial charge in [-0.05, 0) is 12.8 Å². The van der Waals surface area contributed by atoms with E-state index in [1.54, 1.807) is 0 Å². The third kappa shape index (κ3) is 1.37. The van der Waals surface area contributed by atoms with E-state index >= 15 is 0 Å². The molecule has 0 aromatic heterocycles. The second-order valence-electron chi connectivity index (χ2n) is 3.48. The van der Waals surface area contributed by atoms with Crippen LogP contribution in [0.1, 0.15) is 12.8 Å². The van der Waals surface area contributed by atoms with Gasteiger partial charge in [0, 0.05) is 5.92 Å². The highest BCUT2D eigenvalue weighted by molar-refractivity contribution is 5.96. The van der Waals surface area contributed by atoms with E-state index in [4.69, 9.17) is 9.47 Å². The van der Waals surface area contributed by atoms with Gasteiger partial charge in [0.2, 0.25) is 6.29 Å². The summed E-state index contributed by atoms with van der Waals surface area (Å²) in [7, 11) is 1.27. The minimum atomic E-state index is -0.787. The van der Waals surface area contributed by atoms with Crippen molar-refractivity contribution < 1.29 is 23.8 Å². The maximum Gasteiger partial charge on any atom is 0.323 e. The summed E-state index contributed by atoms with van der Waals surface area (Å²) in [6.45, 7) is 0.586. The summed E-state index contributed by atoms with van der Waals surface area (Å²) in [6, 6.07) is 0. The van der Waals surface area contributed by atoms with Crippen molar-refractivity contribution in [3.8, 4) is 0 Å². The van der Waals surface area contributed by atoms with Gasteiger partial charge in [-0.25, -0.2) is 0 Å². The molecule has 0 spiro atoms. The molecular formula is C9H12O5. The Balaban J connectivity index is 2.15. The van der Waals surface area contributed by atoms with E-state index in [0.29, 0.717) is 6.61 Å². The Morgan fingerprint density at radius 2 is 2.36 bits per heavy atom. The zero-order valence-corrected chi connectivity index (χ0v) is 7.89. The van der Waals surface area contributed by atoms with Crippen molar-refractivity contribution in [2.75, 3.05) is 13.7 Å². The Kier molecular flexibility index (Phi) is 2.41. The monoisotopic (exact) mass is 200 g/mol. The average molecular weight is 200 g/mol. The number of rotatable bonds is 1. The SMILES string of the molecule is COC(=O)[C@H]1C(=O)O[C@@H]2OCCC[C@@H]21. The molecule has 0 aromatic carbocycles. The number of fused-ring (bicyclic) bond motifs is 1. The summed E-state index contributed by atoms with van der Waals surface area (Å²) in [5.74, 6) is -1.99. The molecule has 0 unspecified atom stereocenters. The summed E-state index contributed by atoms with van der Waals surface area (Å²) in [5, 5.41) is 0. The van der Waals surface area contributed by atoms with Crippen LogP contribution in [0.4, 0.5) is 0 Å². The lowest BCUT2D eigenvalue weighted by molar-refractivity contribution is -0.174. The Morgan fingerprint density at radius 3 is 3.07 bits per heavy atom. The Morgan fingerprint density at radius 1 is 1.57 bits per heavy atom. The van der Waals surface area contributed by atoms with Crippen LogP contribution in [0.3, 0.4) is 0 Å². The van der Waals surface area contributed by atoms with Gasteiger partial charge in [0.25, 0.3) is 0 Å². The zero-order valence-electron chi connectivity index (χ0n) is 7.89. The van der Waals surface area contributed by atoms with Crippen LogP contribution in [0.5, 0.6) is 0 Å². The third-order valence-electron chi connectivity index (χ3n) is 2.68. The van der Waals surface area contributed by atoms with E-state index in [0.717, 1.165) is 12.8 Å². The second kappa shape index (κ2) is 3.57. The average Bonchev–Trinajstić information content (AvgIpc) is 2.53. The zero-order chi connectivity index (χ0) is 10.1. The highest BCUT2D eigenvalue weighted by Gasteiger charge is 2.51. The maximum absolute atomic E-state index is 11.3. The minimum absolute atomic E-state index is 0.163. The standard InChI is InChI=1S/C9H12O5/c1-12-7(10)6-5-3-2-4-13-9(5)14-8(6)11/h5-6,9H,2-4H2,1H3/t5-,6+,9+/m1/s1.